The van der Waals surface area contributed by atoms with Crippen molar-refractivity contribution in [3.63, 3.8) is 0 Å². The molecule has 0 amide bonds. The molecule has 0 radical (unpaired) electrons. The van der Waals surface area contributed by atoms with Gasteiger partial charge < -0.3 is 0 Å². The lowest BCUT2D eigenvalue weighted by Gasteiger charge is -2.16. The molecule has 0 aliphatic carbocycles. The molecule has 0 saturated heterocycles. The molecule has 0 saturated carbocycles. The first-order valence-corrected chi connectivity index (χ1v) is 7.57. The molecule has 0 N–H and O–H groups in total. The third-order valence-corrected chi connectivity index (χ3v) is 4.98. The number of thiophene rings is 1. The molecule has 0 atom stereocenters. The molecule has 0 aliphatic heterocycles. The zero-order valence-corrected chi connectivity index (χ0v) is 13.7. The fourth-order valence-corrected chi connectivity index (χ4v) is 3.50. The molecule has 6 heteroatoms. The molecule has 0 bridgehead atoms. The van der Waals surface area contributed by atoms with Crippen molar-refractivity contribution in [1.82, 2.24) is 14.7 Å². The Bertz CT molecular complexity index is 550. The molecule has 2 aromatic rings. The molecular formula is C12H15BrClN3S. The maximum absolute atomic E-state index is 5.94. The van der Waals surface area contributed by atoms with Crippen molar-refractivity contribution in [1.29, 1.82) is 0 Å². The maximum atomic E-state index is 5.94. The van der Waals surface area contributed by atoms with Gasteiger partial charge >= 0.3 is 0 Å². The number of rotatable bonds is 4. The maximum Gasteiger partial charge on any atom is 0.0931 e. The zero-order chi connectivity index (χ0) is 13.3. The van der Waals surface area contributed by atoms with Gasteiger partial charge in [-0.05, 0) is 42.0 Å². The molecule has 0 aromatic carbocycles. The largest absolute Gasteiger partial charge is 0.295 e. The highest BCUT2D eigenvalue weighted by Crippen LogP contribution is 2.25. The Morgan fingerprint density at radius 2 is 2.17 bits per heavy atom. The van der Waals surface area contributed by atoms with E-state index in [0.717, 1.165) is 27.6 Å². The van der Waals surface area contributed by atoms with Crippen LogP contribution in [-0.2, 0) is 20.1 Å². The van der Waals surface area contributed by atoms with Crippen LogP contribution in [-0.4, -0.2) is 21.7 Å². The molecule has 98 valence electrons. The van der Waals surface area contributed by atoms with Crippen molar-refractivity contribution < 1.29 is 0 Å². The van der Waals surface area contributed by atoms with E-state index in [2.05, 4.69) is 39.0 Å². The van der Waals surface area contributed by atoms with E-state index in [9.17, 15) is 0 Å². The summed E-state index contributed by atoms with van der Waals surface area (Å²) in [7, 11) is 4.07. The fourth-order valence-electron chi connectivity index (χ4n) is 1.87. The Kier molecular flexibility index (Phi) is 4.48. The van der Waals surface area contributed by atoms with Crippen molar-refractivity contribution in [2.45, 2.75) is 20.0 Å². The monoisotopic (exact) mass is 347 g/mol. The van der Waals surface area contributed by atoms with Gasteiger partial charge in [-0.25, -0.2) is 0 Å². The van der Waals surface area contributed by atoms with Crippen LogP contribution in [0.4, 0.5) is 0 Å². The second-order valence-corrected chi connectivity index (χ2v) is 6.94. The fraction of sp³-hybridized carbons (Fsp3) is 0.417. The highest BCUT2D eigenvalue weighted by atomic mass is 79.9. The summed E-state index contributed by atoms with van der Waals surface area (Å²) in [4.78, 5) is 3.53. The molecule has 2 rings (SSSR count). The predicted molar refractivity (Wildman–Crippen MR) is 80.1 cm³/mol. The third kappa shape index (κ3) is 3.15. The van der Waals surface area contributed by atoms with Crippen LogP contribution < -0.4 is 0 Å². The molecule has 18 heavy (non-hydrogen) atoms. The molecule has 3 nitrogen and oxygen atoms in total. The molecule has 2 heterocycles. The summed E-state index contributed by atoms with van der Waals surface area (Å²) in [6.07, 6.45) is 0. The minimum Gasteiger partial charge on any atom is -0.295 e. The molecule has 2 aromatic heterocycles. The minimum absolute atomic E-state index is 0.843. The Morgan fingerprint density at radius 1 is 1.44 bits per heavy atom. The van der Waals surface area contributed by atoms with Crippen LogP contribution in [0.1, 0.15) is 16.3 Å². The lowest BCUT2D eigenvalue weighted by Crippen LogP contribution is -2.18. The van der Waals surface area contributed by atoms with Crippen LogP contribution in [0.3, 0.4) is 0 Å². The van der Waals surface area contributed by atoms with Gasteiger partial charge in [0.05, 0.1) is 20.2 Å². The normalized spacial score (nSPS) is 11.4. The molecule has 0 unspecified atom stereocenters. The predicted octanol–water partition coefficient (Wildman–Crippen LogP) is 3.84. The van der Waals surface area contributed by atoms with E-state index in [-0.39, 0.29) is 0 Å². The number of hydrogen-bond acceptors (Lipinski definition) is 3. The molecule has 0 spiro atoms. The van der Waals surface area contributed by atoms with E-state index in [1.54, 1.807) is 11.3 Å². The number of hydrogen-bond donors (Lipinski definition) is 0. The lowest BCUT2D eigenvalue weighted by molar-refractivity contribution is 0.311. The first kappa shape index (κ1) is 14.1. The second-order valence-electron chi connectivity index (χ2n) is 4.35. The Morgan fingerprint density at radius 3 is 2.67 bits per heavy atom. The van der Waals surface area contributed by atoms with Crippen LogP contribution in [0.2, 0.25) is 4.34 Å². The van der Waals surface area contributed by atoms with E-state index in [0.29, 0.717) is 0 Å². The van der Waals surface area contributed by atoms with Crippen molar-refractivity contribution in [3.05, 3.63) is 37.2 Å². The van der Waals surface area contributed by atoms with Crippen molar-refractivity contribution >= 4 is 38.9 Å². The van der Waals surface area contributed by atoms with Gasteiger partial charge in [0, 0.05) is 25.0 Å². The van der Waals surface area contributed by atoms with Crippen molar-refractivity contribution in [2.24, 2.45) is 7.05 Å². The number of aromatic nitrogens is 2. The van der Waals surface area contributed by atoms with Gasteiger partial charge in [0.2, 0.25) is 0 Å². The van der Waals surface area contributed by atoms with E-state index < -0.39 is 0 Å². The van der Waals surface area contributed by atoms with Gasteiger partial charge in [-0.2, -0.15) is 5.10 Å². The number of aryl methyl sites for hydroxylation is 2. The van der Waals surface area contributed by atoms with Gasteiger partial charge in [-0.3, -0.25) is 9.58 Å². The zero-order valence-electron chi connectivity index (χ0n) is 10.6. The van der Waals surface area contributed by atoms with Gasteiger partial charge in [-0.1, -0.05) is 11.6 Å². The van der Waals surface area contributed by atoms with E-state index >= 15 is 0 Å². The summed E-state index contributed by atoms with van der Waals surface area (Å²) in [6, 6.07) is 4.02. The Hall–Kier alpha value is -0.360. The highest BCUT2D eigenvalue weighted by Gasteiger charge is 2.13. The summed E-state index contributed by atoms with van der Waals surface area (Å²) in [5.74, 6) is 0. The topological polar surface area (TPSA) is 21.1 Å². The number of halogens is 2. The molecule has 0 aliphatic rings. The summed E-state index contributed by atoms with van der Waals surface area (Å²) >= 11 is 11.2. The van der Waals surface area contributed by atoms with Crippen LogP contribution in [0, 0.1) is 6.92 Å². The van der Waals surface area contributed by atoms with Crippen LogP contribution in [0.25, 0.3) is 0 Å². The molecule has 0 fully saturated rings. The van der Waals surface area contributed by atoms with Gasteiger partial charge in [-0.15, -0.1) is 11.3 Å². The Labute approximate surface area is 124 Å². The Balaban J connectivity index is 2.05. The highest BCUT2D eigenvalue weighted by molar-refractivity contribution is 9.10. The summed E-state index contributed by atoms with van der Waals surface area (Å²) in [5, 5.41) is 4.40. The smallest absolute Gasteiger partial charge is 0.0931 e. The van der Waals surface area contributed by atoms with Crippen molar-refractivity contribution in [2.75, 3.05) is 7.05 Å². The average molecular weight is 349 g/mol. The van der Waals surface area contributed by atoms with Gasteiger partial charge in [0.1, 0.15) is 0 Å². The van der Waals surface area contributed by atoms with E-state index in [1.165, 1.54) is 10.6 Å². The van der Waals surface area contributed by atoms with Gasteiger partial charge in [0.25, 0.3) is 0 Å². The average Bonchev–Trinajstić information content (AvgIpc) is 2.78. The second kappa shape index (κ2) is 5.74. The number of nitrogens with zero attached hydrogens (tertiary/aromatic N) is 3. The minimum atomic E-state index is 0.843. The van der Waals surface area contributed by atoms with E-state index in [1.807, 2.05) is 24.7 Å². The summed E-state index contributed by atoms with van der Waals surface area (Å²) in [6.45, 7) is 3.76. The van der Waals surface area contributed by atoms with Crippen molar-refractivity contribution in [3.8, 4) is 0 Å². The quantitative estimate of drug-likeness (QED) is 0.837. The van der Waals surface area contributed by atoms with Crippen LogP contribution >= 0.6 is 38.9 Å². The first-order valence-electron chi connectivity index (χ1n) is 5.58. The van der Waals surface area contributed by atoms with Crippen LogP contribution in [0.5, 0.6) is 0 Å². The third-order valence-electron chi connectivity index (χ3n) is 2.74. The SMILES string of the molecule is Cc1nn(C)c(CN(C)Cc2ccc(Cl)s2)c1Br. The van der Waals surface area contributed by atoms with E-state index in [4.69, 9.17) is 11.6 Å². The summed E-state index contributed by atoms with van der Waals surface area (Å²) < 4.78 is 3.87. The first-order chi connectivity index (χ1) is 8.47. The standard InChI is InChI=1S/C12H15BrClN3S/c1-8-12(13)10(17(3)15-8)7-16(2)6-9-4-5-11(14)18-9/h4-5H,6-7H2,1-3H3. The summed E-state index contributed by atoms with van der Waals surface area (Å²) in [5.41, 5.74) is 2.22. The molecular weight excluding hydrogens is 334 g/mol. The van der Waals surface area contributed by atoms with Gasteiger partial charge in [0.15, 0.2) is 0 Å². The lowest BCUT2D eigenvalue weighted by atomic mass is 10.3. The van der Waals surface area contributed by atoms with Crippen LogP contribution in [0.15, 0.2) is 16.6 Å².